The summed E-state index contributed by atoms with van der Waals surface area (Å²) in [5.41, 5.74) is 6.59. The van der Waals surface area contributed by atoms with Gasteiger partial charge in [0.2, 0.25) is 0 Å². The van der Waals surface area contributed by atoms with Crippen molar-refractivity contribution in [1.82, 2.24) is 9.97 Å². The molecule has 1 aromatic heterocycles. The van der Waals surface area contributed by atoms with Gasteiger partial charge in [0.15, 0.2) is 0 Å². The van der Waals surface area contributed by atoms with Crippen molar-refractivity contribution in [3.63, 3.8) is 0 Å². The maximum Gasteiger partial charge on any atom is 0.271 e. The number of rotatable bonds is 2. The van der Waals surface area contributed by atoms with E-state index in [1.54, 1.807) is 24.3 Å². The Hall–Kier alpha value is -3.22. The summed E-state index contributed by atoms with van der Waals surface area (Å²) in [5.74, 6) is 0.283. The van der Waals surface area contributed by atoms with E-state index in [-0.39, 0.29) is 22.8 Å². The van der Waals surface area contributed by atoms with E-state index in [1.165, 1.54) is 18.2 Å². The van der Waals surface area contributed by atoms with Gasteiger partial charge in [0.05, 0.1) is 15.8 Å². The molecule has 3 rings (SSSR count). The lowest BCUT2D eigenvalue weighted by Gasteiger charge is -2.06. The fourth-order valence-corrected chi connectivity index (χ4v) is 2.09. The van der Waals surface area contributed by atoms with E-state index in [4.69, 9.17) is 5.73 Å². The van der Waals surface area contributed by atoms with Gasteiger partial charge in [-0.2, -0.15) is 0 Å². The third-order valence-electron chi connectivity index (χ3n) is 3.11. The first-order chi connectivity index (χ1) is 10.1. The second-order valence-corrected chi connectivity index (χ2v) is 4.46. The first-order valence-corrected chi connectivity index (χ1v) is 6.09. The average molecular weight is 282 g/mol. The van der Waals surface area contributed by atoms with Gasteiger partial charge < -0.3 is 10.7 Å². The number of hydrogen-bond acceptors (Lipinski definition) is 5. The molecular weight excluding hydrogens is 272 g/mol. The molecule has 0 saturated carbocycles. The second-order valence-electron chi connectivity index (χ2n) is 4.46. The molecule has 7 heteroatoms. The van der Waals surface area contributed by atoms with Crippen molar-refractivity contribution in [2.24, 2.45) is 0 Å². The van der Waals surface area contributed by atoms with E-state index in [0.717, 1.165) is 0 Å². The first kappa shape index (κ1) is 12.8. The molecule has 0 aliphatic carbocycles. The molecule has 0 radical (unpaired) electrons. The Labute approximate surface area is 118 Å². The van der Waals surface area contributed by atoms with Gasteiger partial charge in [-0.15, -0.1) is 0 Å². The maximum absolute atomic E-state index is 12.0. The van der Waals surface area contributed by atoms with Crippen LogP contribution in [0.15, 0.2) is 47.3 Å². The van der Waals surface area contributed by atoms with Crippen LogP contribution in [0.25, 0.3) is 22.3 Å². The van der Waals surface area contributed by atoms with Crippen molar-refractivity contribution < 1.29 is 4.92 Å². The minimum atomic E-state index is -0.531. The molecule has 0 saturated heterocycles. The van der Waals surface area contributed by atoms with Crippen molar-refractivity contribution in [3.05, 3.63) is 62.9 Å². The summed E-state index contributed by atoms with van der Waals surface area (Å²) >= 11 is 0. The van der Waals surface area contributed by atoms with Gasteiger partial charge in [-0.3, -0.25) is 14.9 Å². The van der Waals surface area contributed by atoms with Gasteiger partial charge in [-0.25, -0.2) is 4.98 Å². The number of nitro benzene ring substituents is 1. The highest BCUT2D eigenvalue weighted by Crippen LogP contribution is 2.27. The Morgan fingerprint density at radius 2 is 1.95 bits per heavy atom. The molecule has 1 heterocycles. The molecule has 0 unspecified atom stereocenters. The van der Waals surface area contributed by atoms with Crippen molar-refractivity contribution in [3.8, 4) is 11.4 Å². The number of fused-ring (bicyclic) bond motifs is 1. The molecule has 0 bridgehead atoms. The molecule has 0 amide bonds. The highest BCUT2D eigenvalue weighted by Gasteiger charge is 2.12. The summed E-state index contributed by atoms with van der Waals surface area (Å²) < 4.78 is 0. The second kappa shape index (κ2) is 4.71. The number of nitrogens with two attached hydrogens (primary N) is 1. The number of non-ortho nitro benzene ring substituents is 1. The first-order valence-electron chi connectivity index (χ1n) is 6.09. The van der Waals surface area contributed by atoms with Crippen LogP contribution in [0.4, 0.5) is 11.4 Å². The zero-order valence-electron chi connectivity index (χ0n) is 10.7. The quantitative estimate of drug-likeness (QED) is 0.424. The van der Waals surface area contributed by atoms with Crippen LogP contribution in [-0.2, 0) is 0 Å². The predicted molar refractivity (Wildman–Crippen MR) is 78.9 cm³/mol. The number of aromatic amines is 1. The molecule has 21 heavy (non-hydrogen) atoms. The summed E-state index contributed by atoms with van der Waals surface area (Å²) in [4.78, 5) is 29.2. The van der Waals surface area contributed by atoms with Crippen LogP contribution >= 0.6 is 0 Å². The van der Waals surface area contributed by atoms with Gasteiger partial charge in [-0.05, 0) is 18.2 Å². The van der Waals surface area contributed by atoms with E-state index in [9.17, 15) is 14.9 Å². The molecule has 0 aliphatic rings. The van der Waals surface area contributed by atoms with Crippen LogP contribution in [0.2, 0.25) is 0 Å². The van der Waals surface area contributed by atoms with E-state index >= 15 is 0 Å². The third-order valence-corrected chi connectivity index (χ3v) is 3.11. The number of para-hydroxylation sites is 1. The van der Waals surface area contributed by atoms with Crippen molar-refractivity contribution in [2.45, 2.75) is 0 Å². The van der Waals surface area contributed by atoms with E-state index in [1.807, 2.05) is 0 Å². The summed E-state index contributed by atoms with van der Waals surface area (Å²) in [6.45, 7) is 0. The minimum absolute atomic E-state index is 0.112. The number of anilines is 1. The van der Waals surface area contributed by atoms with Gasteiger partial charge in [-0.1, -0.05) is 12.1 Å². The van der Waals surface area contributed by atoms with Gasteiger partial charge in [0.1, 0.15) is 5.82 Å². The number of hydrogen-bond donors (Lipinski definition) is 2. The Kier molecular flexibility index (Phi) is 2.87. The fourth-order valence-electron chi connectivity index (χ4n) is 2.09. The zero-order valence-corrected chi connectivity index (χ0v) is 10.7. The van der Waals surface area contributed by atoms with Crippen LogP contribution < -0.4 is 11.3 Å². The standard InChI is InChI=1S/C14H10N4O3/c15-11-7-8(18(20)21)5-6-9(11)13-16-12-4-2-1-3-10(12)14(19)17-13/h1-7H,15H2,(H,16,17,19). The number of nitro groups is 1. The minimum Gasteiger partial charge on any atom is -0.398 e. The molecule has 104 valence electrons. The smallest absolute Gasteiger partial charge is 0.271 e. The van der Waals surface area contributed by atoms with Gasteiger partial charge >= 0.3 is 0 Å². The molecular formula is C14H10N4O3. The summed E-state index contributed by atoms with van der Waals surface area (Å²) in [6, 6.07) is 10.9. The monoisotopic (exact) mass is 282 g/mol. The SMILES string of the molecule is Nc1cc([N+](=O)[O-])ccc1-c1nc2ccccc2c(=O)[nH]1. The molecule has 2 aromatic carbocycles. The molecule has 0 aliphatic heterocycles. The molecule has 3 N–H and O–H groups in total. The molecule has 0 atom stereocenters. The number of aromatic nitrogens is 2. The van der Waals surface area contributed by atoms with Crippen LogP contribution in [-0.4, -0.2) is 14.9 Å². The Morgan fingerprint density at radius 1 is 1.19 bits per heavy atom. The van der Waals surface area contributed by atoms with Crippen LogP contribution in [0.3, 0.4) is 0 Å². The van der Waals surface area contributed by atoms with Crippen LogP contribution in [0, 0.1) is 10.1 Å². The van der Waals surface area contributed by atoms with E-state index in [0.29, 0.717) is 16.5 Å². The normalized spacial score (nSPS) is 10.7. The van der Waals surface area contributed by atoms with Gasteiger partial charge in [0.25, 0.3) is 11.2 Å². The number of nitrogen functional groups attached to an aromatic ring is 1. The van der Waals surface area contributed by atoms with Crippen molar-refractivity contribution in [2.75, 3.05) is 5.73 Å². The summed E-state index contributed by atoms with van der Waals surface area (Å²) in [5, 5.41) is 11.2. The molecule has 7 nitrogen and oxygen atoms in total. The number of nitrogens with zero attached hydrogens (tertiary/aromatic N) is 2. The topological polar surface area (TPSA) is 115 Å². The summed E-state index contributed by atoms with van der Waals surface area (Å²) in [6.07, 6.45) is 0. The number of benzene rings is 2. The third kappa shape index (κ3) is 2.20. The highest BCUT2D eigenvalue weighted by molar-refractivity contribution is 5.81. The van der Waals surface area contributed by atoms with E-state index < -0.39 is 4.92 Å². The maximum atomic E-state index is 12.0. The Balaban J connectivity index is 2.21. The lowest BCUT2D eigenvalue weighted by molar-refractivity contribution is -0.384. The van der Waals surface area contributed by atoms with Crippen molar-refractivity contribution in [1.29, 1.82) is 0 Å². The molecule has 3 aromatic rings. The predicted octanol–water partition coefficient (Wildman–Crippen LogP) is 2.08. The van der Waals surface area contributed by atoms with Gasteiger partial charge in [0, 0.05) is 23.4 Å². The molecule has 0 fully saturated rings. The van der Waals surface area contributed by atoms with E-state index in [2.05, 4.69) is 9.97 Å². The van der Waals surface area contributed by atoms with Crippen LogP contribution in [0.5, 0.6) is 0 Å². The lowest BCUT2D eigenvalue weighted by Crippen LogP contribution is -2.10. The van der Waals surface area contributed by atoms with Crippen LogP contribution in [0.1, 0.15) is 0 Å². The molecule has 0 spiro atoms. The highest BCUT2D eigenvalue weighted by atomic mass is 16.6. The Bertz CT molecular complexity index is 917. The lowest BCUT2D eigenvalue weighted by atomic mass is 10.1. The number of H-pyrrole nitrogens is 1. The average Bonchev–Trinajstić information content (AvgIpc) is 2.47. The fraction of sp³-hybridized carbons (Fsp3) is 0. The zero-order chi connectivity index (χ0) is 15.0. The summed E-state index contributed by atoms with van der Waals surface area (Å²) in [7, 11) is 0. The number of nitrogens with one attached hydrogen (secondary N) is 1. The Morgan fingerprint density at radius 3 is 2.67 bits per heavy atom. The van der Waals surface area contributed by atoms with Crippen molar-refractivity contribution >= 4 is 22.3 Å². The largest absolute Gasteiger partial charge is 0.398 e.